The number of nitrogens with zero attached hydrogens (tertiary/aromatic N) is 2. The number of benzene rings is 2. The summed E-state index contributed by atoms with van der Waals surface area (Å²) in [5.74, 6) is -1.23. The van der Waals surface area contributed by atoms with Crippen molar-refractivity contribution in [3.05, 3.63) is 83.2 Å². The van der Waals surface area contributed by atoms with E-state index in [1.165, 1.54) is 36.1 Å². The molecule has 9 heteroatoms. The van der Waals surface area contributed by atoms with Crippen molar-refractivity contribution < 1.29 is 22.4 Å². The van der Waals surface area contributed by atoms with Crippen LogP contribution in [0.4, 0.5) is 4.39 Å². The lowest BCUT2D eigenvalue weighted by Gasteiger charge is -2.32. The van der Waals surface area contributed by atoms with Crippen LogP contribution in [0.25, 0.3) is 0 Å². The molecule has 1 atom stereocenters. The highest BCUT2D eigenvalue weighted by molar-refractivity contribution is 7.88. The predicted molar refractivity (Wildman–Crippen MR) is 143 cm³/mol. The number of nitrogens with one attached hydrogen (secondary N) is 1. The average molecular weight is 530 g/mol. The van der Waals surface area contributed by atoms with Crippen molar-refractivity contribution in [2.75, 3.05) is 26.4 Å². The maximum Gasteiger partial charge on any atom is 0.243 e. The fourth-order valence-corrected chi connectivity index (χ4v) is 4.68. The Morgan fingerprint density at radius 3 is 2.35 bits per heavy atom. The lowest BCUT2D eigenvalue weighted by Crippen LogP contribution is -2.53. The van der Waals surface area contributed by atoms with Gasteiger partial charge in [0, 0.05) is 26.6 Å². The Kier molecular flexibility index (Phi) is 10.4. The first-order valence-electron chi connectivity index (χ1n) is 12.6. The van der Waals surface area contributed by atoms with Crippen molar-refractivity contribution in [2.45, 2.75) is 51.1 Å². The summed E-state index contributed by atoms with van der Waals surface area (Å²) in [7, 11) is -2.29. The summed E-state index contributed by atoms with van der Waals surface area (Å²) in [6.45, 7) is 0.0794. The van der Waals surface area contributed by atoms with Gasteiger partial charge in [0.1, 0.15) is 11.9 Å². The van der Waals surface area contributed by atoms with Crippen LogP contribution in [0.3, 0.4) is 0 Å². The zero-order valence-corrected chi connectivity index (χ0v) is 22.3. The number of sulfonamides is 1. The molecule has 0 heterocycles. The molecule has 0 saturated carbocycles. The third-order valence-corrected chi connectivity index (χ3v) is 7.85. The van der Waals surface area contributed by atoms with E-state index >= 15 is 0 Å². The zero-order chi connectivity index (χ0) is 26.8. The maximum absolute atomic E-state index is 13.5. The van der Waals surface area contributed by atoms with Gasteiger partial charge in [0.25, 0.3) is 0 Å². The van der Waals surface area contributed by atoms with E-state index < -0.39 is 34.3 Å². The molecule has 0 aliphatic heterocycles. The third-order valence-electron chi connectivity index (χ3n) is 6.59. The minimum atomic E-state index is -3.61. The van der Waals surface area contributed by atoms with Crippen molar-refractivity contribution in [1.29, 1.82) is 0 Å². The number of amides is 2. The van der Waals surface area contributed by atoms with Gasteiger partial charge in [-0.3, -0.25) is 9.59 Å². The molecule has 2 aromatic carbocycles. The van der Waals surface area contributed by atoms with Crippen LogP contribution in [0.15, 0.2) is 66.2 Å². The molecule has 1 N–H and O–H groups in total. The number of carbonyl (C=O) groups excluding carboxylic acids is 2. The Balaban J connectivity index is 1.87. The Labute approximate surface area is 219 Å². The van der Waals surface area contributed by atoms with Gasteiger partial charge in [0.05, 0.1) is 12.8 Å². The van der Waals surface area contributed by atoms with Gasteiger partial charge in [-0.25, -0.2) is 12.8 Å². The van der Waals surface area contributed by atoms with E-state index in [0.29, 0.717) is 12.1 Å². The quantitative estimate of drug-likeness (QED) is 0.425. The van der Waals surface area contributed by atoms with Crippen LogP contribution in [-0.2, 0) is 32.6 Å². The third kappa shape index (κ3) is 9.09. The Morgan fingerprint density at radius 2 is 1.73 bits per heavy atom. The highest BCUT2D eigenvalue weighted by Crippen LogP contribution is 2.20. The van der Waals surface area contributed by atoms with Gasteiger partial charge in [0.2, 0.25) is 21.8 Å². The van der Waals surface area contributed by atoms with E-state index in [9.17, 15) is 22.4 Å². The number of hydrogen-bond donors (Lipinski definition) is 1. The monoisotopic (exact) mass is 529 g/mol. The summed E-state index contributed by atoms with van der Waals surface area (Å²) in [4.78, 5) is 28.4. The molecule has 0 aromatic heterocycles. The van der Waals surface area contributed by atoms with Crippen LogP contribution < -0.4 is 5.32 Å². The molecule has 0 fully saturated rings. The molecule has 2 amide bonds. The second kappa shape index (κ2) is 13.5. The molecular weight excluding hydrogens is 493 g/mol. The topological polar surface area (TPSA) is 86.8 Å². The second-order valence-electron chi connectivity index (χ2n) is 9.52. The zero-order valence-electron chi connectivity index (χ0n) is 21.5. The minimum absolute atomic E-state index is 0.0345. The number of halogens is 1. The Morgan fingerprint density at radius 1 is 1.03 bits per heavy atom. The maximum atomic E-state index is 13.5. The predicted octanol–water partition coefficient (Wildman–Crippen LogP) is 3.66. The largest absolute Gasteiger partial charge is 0.354 e. The molecule has 7 nitrogen and oxygen atoms in total. The minimum Gasteiger partial charge on any atom is -0.354 e. The van der Waals surface area contributed by atoms with Gasteiger partial charge >= 0.3 is 0 Å². The van der Waals surface area contributed by atoms with Gasteiger partial charge in [0.15, 0.2) is 0 Å². The van der Waals surface area contributed by atoms with Crippen LogP contribution in [-0.4, -0.2) is 61.9 Å². The van der Waals surface area contributed by atoms with Gasteiger partial charge in [-0.2, -0.15) is 4.31 Å². The van der Waals surface area contributed by atoms with Crippen LogP contribution in [0, 0.1) is 5.82 Å². The molecular formula is C28H36FN3O4S. The molecule has 200 valence electrons. The summed E-state index contributed by atoms with van der Waals surface area (Å²) in [5, 5.41) is 3.00. The number of allylic oxidation sites excluding steroid dienone is 1. The molecule has 0 bridgehead atoms. The summed E-state index contributed by atoms with van der Waals surface area (Å²) in [6, 6.07) is 14.2. The second-order valence-corrected chi connectivity index (χ2v) is 11.6. The standard InChI is InChI=1S/C28H36FN3O4S/c1-31(37(2,35)36)21-27(33)32(20-24-13-15-25(29)16-14-24)26(19-23-11-7-4-8-12-23)28(34)30-18-17-22-9-5-3-6-10-22/h4,7-9,11-16,26H,3,5-6,10,17-21H2,1-2H3,(H,30,34)/t26-/m1/s1. The number of carbonyl (C=O) groups is 2. The van der Waals surface area contributed by atoms with Crippen molar-refractivity contribution >= 4 is 21.8 Å². The van der Waals surface area contributed by atoms with Gasteiger partial charge < -0.3 is 10.2 Å². The lowest BCUT2D eigenvalue weighted by atomic mass is 9.97. The number of rotatable bonds is 12. The summed E-state index contributed by atoms with van der Waals surface area (Å²) in [5.41, 5.74) is 2.83. The van der Waals surface area contributed by atoms with Crippen molar-refractivity contribution in [3.63, 3.8) is 0 Å². The molecule has 0 unspecified atom stereocenters. The fraction of sp³-hybridized carbons (Fsp3) is 0.429. The number of likely N-dealkylation sites (N-methyl/N-ethyl adjacent to an activating group) is 1. The van der Waals surface area contributed by atoms with Crippen LogP contribution in [0.2, 0.25) is 0 Å². The molecule has 0 radical (unpaired) electrons. The molecule has 0 saturated heterocycles. The summed E-state index contributed by atoms with van der Waals surface area (Å²) >= 11 is 0. The molecule has 37 heavy (non-hydrogen) atoms. The van der Waals surface area contributed by atoms with E-state index in [1.54, 1.807) is 12.1 Å². The van der Waals surface area contributed by atoms with Crippen molar-refractivity contribution in [1.82, 2.24) is 14.5 Å². The van der Waals surface area contributed by atoms with E-state index in [4.69, 9.17) is 0 Å². The smallest absolute Gasteiger partial charge is 0.243 e. The van der Waals surface area contributed by atoms with Gasteiger partial charge in [-0.05, 0) is 55.4 Å². The average Bonchev–Trinajstić information content (AvgIpc) is 2.87. The number of hydrogen-bond acceptors (Lipinski definition) is 4. The molecule has 0 spiro atoms. The molecule has 1 aliphatic rings. The lowest BCUT2D eigenvalue weighted by molar-refractivity contribution is -0.141. The van der Waals surface area contributed by atoms with E-state index in [-0.39, 0.29) is 18.9 Å². The van der Waals surface area contributed by atoms with E-state index in [2.05, 4.69) is 11.4 Å². The molecule has 1 aliphatic carbocycles. The Hall–Kier alpha value is -3.04. The first-order valence-corrected chi connectivity index (χ1v) is 14.4. The highest BCUT2D eigenvalue weighted by atomic mass is 32.2. The normalized spacial score (nSPS) is 14.6. The van der Waals surface area contributed by atoms with Crippen LogP contribution >= 0.6 is 0 Å². The van der Waals surface area contributed by atoms with Crippen LogP contribution in [0.1, 0.15) is 43.2 Å². The summed E-state index contributed by atoms with van der Waals surface area (Å²) < 4.78 is 38.5. The molecule has 3 rings (SSSR count). The van der Waals surface area contributed by atoms with Crippen molar-refractivity contribution in [2.24, 2.45) is 0 Å². The first-order chi connectivity index (χ1) is 17.6. The van der Waals surface area contributed by atoms with E-state index in [0.717, 1.165) is 41.8 Å². The van der Waals surface area contributed by atoms with Crippen LogP contribution in [0.5, 0.6) is 0 Å². The Bertz CT molecular complexity index is 1180. The van der Waals surface area contributed by atoms with Gasteiger partial charge in [-0.15, -0.1) is 0 Å². The first kappa shape index (κ1) is 28.5. The summed E-state index contributed by atoms with van der Waals surface area (Å²) in [6.07, 6.45) is 8.73. The van der Waals surface area contributed by atoms with Gasteiger partial charge in [-0.1, -0.05) is 54.1 Å². The van der Waals surface area contributed by atoms with Crippen molar-refractivity contribution in [3.8, 4) is 0 Å². The fourth-order valence-electron chi connectivity index (χ4n) is 4.33. The SMILES string of the molecule is CN(CC(=O)N(Cc1ccc(F)cc1)[C@H](Cc1ccccc1)C(=O)NCCC1=CCCCC1)S(C)(=O)=O. The molecule has 2 aromatic rings. The highest BCUT2D eigenvalue weighted by Gasteiger charge is 2.31. The van der Waals surface area contributed by atoms with E-state index in [1.807, 2.05) is 30.3 Å².